The van der Waals surface area contributed by atoms with Crippen LogP contribution in [0.15, 0.2) is 24.3 Å². The maximum Gasteiger partial charge on any atom is 0 e. The third-order valence-corrected chi connectivity index (χ3v) is 3.49. The van der Waals surface area contributed by atoms with Crippen molar-refractivity contribution >= 4 is 0 Å². The van der Waals surface area contributed by atoms with Crippen molar-refractivity contribution in [1.82, 2.24) is 0 Å². The third kappa shape index (κ3) is 4.18. The van der Waals surface area contributed by atoms with Gasteiger partial charge >= 0.3 is 0 Å². The standard InChI is InChI=1S/C9H13.C7H9.Fe/c1-6-5-7(2)9(4)8(6)3;1-6-4-3-5-7(6)2;/h5H,1-4H3;3-5H,1-2H3;/q-5;-1;. The van der Waals surface area contributed by atoms with Gasteiger partial charge in [0.2, 0.25) is 0 Å². The van der Waals surface area contributed by atoms with Crippen molar-refractivity contribution in [2.45, 2.75) is 41.5 Å². The molecule has 0 aliphatic heterocycles. The molecule has 0 aromatic heterocycles. The normalized spacial score (nSPS) is 9.29. The Hall–Kier alpha value is -0.781. The quantitative estimate of drug-likeness (QED) is 0.482. The average Bonchev–Trinajstić information content (AvgIpc) is 2.70. The molecule has 0 heterocycles. The van der Waals surface area contributed by atoms with E-state index in [-0.39, 0.29) is 17.1 Å². The Labute approximate surface area is 116 Å². The van der Waals surface area contributed by atoms with Crippen LogP contribution in [0, 0.1) is 41.5 Å². The smallest absolute Gasteiger partial charge is 0 e. The predicted octanol–water partition coefficient (Wildman–Crippen LogP) is 4.66. The zero-order chi connectivity index (χ0) is 12.3. The van der Waals surface area contributed by atoms with Crippen molar-refractivity contribution in [2.24, 2.45) is 0 Å². The molecule has 0 unspecified atom stereocenters. The Kier molecular flexibility index (Phi) is 6.52. The molecule has 17 heavy (non-hydrogen) atoms. The fourth-order valence-corrected chi connectivity index (χ4v) is 1.73. The van der Waals surface area contributed by atoms with Crippen molar-refractivity contribution in [2.75, 3.05) is 0 Å². The average molecular weight is 270 g/mol. The Balaban J connectivity index is 0.000000292. The third-order valence-electron chi connectivity index (χ3n) is 3.49. The van der Waals surface area contributed by atoms with E-state index in [0.717, 1.165) is 0 Å². The molecular formula is C16H22Fe-6. The van der Waals surface area contributed by atoms with Gasteiger partial charge in [0.15, 0.2) is 0 Å². The van der Waals surface area contributed by atoms with Crippen molar-refractivity contribution in [3.63, 3.8) is 0 Å². The molecule has 0 bridgehead atoms. The molecule has 100 valence electrons. The van der Waals surface area contributed by atoms with Crippen molar-refractivity contribution < 1.29 is 17.1 Å². The van der Waals surface area contributed by atoms with E-state index >= 15 is 0 Å². The first-order valence-electron chi connectivity index (χ1n) is 5.82. The Bertz CT molecular complexity index is 419. The fourth-order valence-electron chi connectivity index (χ4n) is 1.73. The second-order valence-electron chi connectivity index (χ2n) is 4.65. The first-order valence-corrected chi connectivity index (χ1v) is 5.82. The van der Waals surface area contributed by atoms with Gasteiger partial charge in [0, 0.05) is 17.1 Å². The zero-order valence-corrected chi connectivity index (χ0v) is 12.8. The van der Waals surface area contributed by atoms with E-state index in [1.165, 1.54) is 33.4 Å². The molecule has 2 aromatic carbocycles. The van der Waals surface area contributed by atoms with Gasteiger partial charge in [-0.3, -0.25) is 0 Å². The summed E-state index contributed by atoms with van der Waals surface area (Å²) in [4.78, 5) is 0. The van der Waals surface area contributed by atoms with E-state index < -0.39 is 0 Å². The first kappa shape index (κ1) is 16.2. The van der Waals surface area contributed by atoms with E-state index in [1.807, 2.05) is 0 Å². The van der Waals surface area contributed by atoms with Crippen LogP contribution in [0.25, 0.3) is 0 Å². The zero-order valence-electron chi connectivity index (χ0n) is 11.7. The Morgan fingerprint density at radius 1 is 0.941 bits per heavy atom. The van der Waals surface area contributed by atoms with E-state index in [2.05, 4.69) is 65.8 Å². The summed E-state index contributed by atoms with van der Waals surface area (Å²) in [6.07, 6.45) is 0. The predicted molar refractivity (Wildman–Crippen MR) is 72.5 cm³/mol. The second kappa shape index (κ2) is 6.83. The first-order chi connectivity index (χ1) is 7.43. The molecule has 0 radical (unpaired) electrons. The summed E-state index contributed by atoms with van der Waals surface area (Å²) in [6, 6.07) is 8.56. The van der Waals surface area contributed by atoms with Gasteiger partial charge in [-0.1, -0.05) is 13.8 Å². The molecule has 0 aliphatic rings. The van der Waals surface area contributed by atoms with Gasteiger partial charge in [0.25, 0.3) is 0 Å². The second-order valence-corrected chi connectivity index (χ2v) is 4.65. The molecule has 0 saturated heterocycles. The Morgan fingerprint density at radius 2 is 1.41 bits per heavy atom. The maximum atomic E-state index is 2.24. The fraction of sp³-hybridized carbons (Fsp3) is 0.375. The summed E-state index contributed by atoms with van der Waals surface area (Å²) in [7, 11) is 0. The summed E-state index contributed by atoms with van der Waals surface area (Å²) >= 11 is 0. The number of aryl methyl sites for hydroxylation is 4. The summed E-state index contributed by atoms with van der Waals surface area (Å²) in [6.45, 7) is 12.9. The molecule has 2 rings (SSSR count). The van der Waals surface area contributed by atoms with Crippen LogP contribution in [0.2, 0.25) is 0 Å². The van der Waals surface area contributed by atoms with Crippen LogP contribution in [0.5, 0.6) is 0 Å². The van der Waals surface area contributed by atoms with Crippen LogP contribution in [0.4, 0.5) is 0 Å². The molecule has 0 nitrogen and oxygen atoms in total. The molecule has 1 heteroatoms. The molecule has 0 amide bonds. The number of hydrogen-bond donors (Lipinski definition) is 0. The number of hydrogen-bond acceptors (Lipinski definition) is 0. The SMILES string of the molecule is C[c-]1[cH-][c-](C)[c-](C)[c-]1C.Cc1ccc[c-]1C.[Fe]. The molecule has 2 aromatic rings. The van der Waals surface area contributed by atoms with Crippen LogP contribution in [0.3, 0.4) is 0 Å². The van der Waals surface area contributed by atoms with Gasteiger partial charge in [-0.15, -0.1) is 0 Å². The summed E-state index contributed by atoms with van der Waals surface area (Å²) in [5.41, 5.74) is 8.52. The van der Waals surface area contributed by atoms with E-state index in [0.29, 0.717) is 0 Å². The molecular weight excluding hydrogens is 248 g/mol. The molecule has 0 atom stereocenters. The molecule has 0 saturated carbocycles. The van der Waals surface area contributed by atoms with Crippen molar-refractivity contribution in [3.05, 3.63) is 57.6 Å². The van der Waals surface area contributed by atoms with Gasteiger partial charge in [-0.25, -0.2) is 39.8 Å². The van der Waals surface area contributed by atoms with E-state index in [9.17, 15) is 0 Å². The summed E-state index contributed by atoms with van der Waals surface area (Å²) in [5, 5.41) is 0. The van der Waals surface area contributed by atoms with Crippen LogP contribution in [-0.2, 0) is 17.1 Å². The molecule has 0 fully saturated rings. The van der Waals surface area contributed by atoms with Crippen LogP contribution in [-0.4, -0.2) is 0 Å². The largest absolute Gasteiger partial charge is 0.743 e. The summed E-state index contributed by atoms with van der Waals surface area (Å²) in [5.74, 6) is 0. The van der Waals surface area contributed by atoms with Crippen molar-refractivity contribution in [1.29, 1.82) is 0 Å². The van der Waals surface area contributed by atoms with Gasteiger partial charge < -0.3 is 28.3 Å². The minimum absolute atomic E-state index is 0. The van der Waals surface area contributed by atoms with Crippen molar-refractivity contribution in [3.8, 4) is 0 Å². The minimum atomic E-state index is 0. The van der Waals surface area contributed by atoms with E-state index in [1.54, 1.807) is 0 Å². The number of rotatable bonds is 0. The molecule has 0 aliphatic carbocycles. The van der Waals surface area contributed by atoms with Crippen LogP contribution in [0.1, 0.15) is 33.4 Å². The van der Waals surface area contributed by atoms with E-state index in [4.69, 9.17) is 0 Å². The molecule has 0 spiro atoms. The topological polar surface area (TPSA) is 0 Å². The maximum absolute atomic E-state index is 2.24. The Morgan fingerprint density at radius 3 is 1.53 bits per heavy atom. The van der Waals surface area contributed by atoms with Gasteiger partial charge in [-0.05, 0) is 0 Å². The van der Waals surface area contributed by atoms with Gasteiger partial charge in [-0.2, -0.15) is 17.2 Å². The van der Waals surface area contributed by atoms with Crippen LogP contribution < -0.4 is 0 Å². The molecule has 0 N–H and O–H groups in total. The summed E-state index contributed by atoms with van der Waals surface area (Å²) < 4.78 is 0. The minimum Gasteiger partial charge on any atom is -0.743 e. The van der Waals surface area contributed by atoms with Gasteiger partial charge in [0.1, 0.15) is 0 Å². The van der Waals surface area contributed by atoms with Crippen LogP contribution >= 0.6 is 0 Å². The van der Waals surface area contributed by atoms with Gasteiger partial charge in [0.05, 0.1) is 0 Å². The monoisotopic (exact) mass is 270 g/mol.